The van der Waals surface area contributed by atoms with Gasteiger partial charge in [0.05, 0.1) is 18.2 Å². The number of benzene rings is 2. The van der Waals surface area contributed by atoms with E-state index < -0.39 is 6.04 Å². The molecule has 0 aromatic heterocycles. The van der Waals surface area contributed by atoms with Crippen LogP contribution >= 0.6 is 35.4 Å². The summed E-state index contributed by atoms with van der Waals surface area (Å²) in [6, 6.07) is 11.8. The van der Waals surface area contributed by atoms with E-state index in [9.17, 15) is 4.79 Å². The second-order valence-electron chi connectivity index (χ2n) is 6.15. The summed E-state index contributed by atoms with van der Waals surface area (Å²) in [5.74, 6) is 0.480. The zero-order valence-electron chi connectivity index (χ0n) is 15.3. The summed E-state index contributed by atoms with van der Waals surface area (Å²) >= 11 is 17.7. The van der Waals surface area contributed by atoms with E-state index in [0.29, 0.717) is 44.3 Å². The van der Waals surface area contributed by atoms with Crippen LogP contribution in [0.2, 0.25) is 10.0 Å². The monoisotopic (exact) mass is 435 g/mol. The first-order valence-electron chi connectivity index (χ1n) is 8.66. The molecule has 0 spiro atoms. The number of amides is 1. The molecule has 5 nitrogen and oxygen atoms in total. The van der Waals surface area contributed by atoms with Crippen molar-refractivity contribution in [3.8, 4) is 5.75 Å². The number of carbonyl (C=O) groups excluding carboxylic acids is 1. The Labute approximate surface area is 179 Å². The minimum atomic E-state index is -0.499. The first-order chi connectivity index (χ1) is 13.4. The topological polar surface area (TPSA) is 62.4 Å². The molecule has 3 N–H and O–H groups in total. The molecule has 0 radical (unpaired) electrons. The Hall–Kier alpha value is -2.28. The number of thiocarbonyl (C=S) groups is 1. The lowest BCUT2D eigenvalue weighted by atomic mass is 9.95. The molecule has 1 heterocycles. The fourth-order valence-corrected chi connectivity index (χ4v) is 3.75. The van der Waals surface area contributed by atoms with Crippen LogP contribution in [0.5, 0.6) is 5.75 Å². The van der Waals surface area contributed by atoms with E-state index in [1.165, 1.54) is 0 Å². The van der Waals surface area contributed by atoms with Crippen LogP contribution in [-0.2, 0) is 4.79 Å². The number of hydrogen-bond donors (Lipinski definition) is 3. The van der Waals surface area contributed by atoms with Crippen LogP contribution < -0.4 is 20.7 Å². The standard InChI is InChI=1S/C20H19Cl2N3O2S/c1-3-27-14-7-5-13(6-8-14)24-19(26)17-11(2)23-20(28)25-18(17)15-9-4-12(21)10-16(15)22/h4-10,18H,3H2,1-2H3,(H,24,26)(H2,23,25,28). The van der Waals surface area contributed by atoms with Gasteiger partial charge in [0.2, 0.25) is 0 Å². The summed E-state index contributed by atoms with van der Waals surface area (Å²) in [6.07, 6.45) is 0. The van der Waals surface area contributed by atoms with Crippen molar-refractivity contribution in [2.75, 3.05) is 11.9 Å². The van der Waals surface area contributed by atoms with Gasteiger partial charge in [-0.2, -0.15) is 0 Å². The van der Waals surface area contributed by atoms with E-state index in [2.05, 4.69) is 16.0 Å². The van der Waals surface area contributed by atoms with Gasteiger partial charge in [0, 0.05) is 21.4 Å². The molecule has 2 aromatic carbocycles. The van der Waals surface area contributed by atoms with Gasteiger partial charge in [0.25, 0.3) is 5.91 Å². The molecule has 1 aliphatic heterocycles. The van der Waals surface area contributed by atoms with Crippen molar-refractivity contribution in [2.24, 2.45) is 0 Å². The molecule has 1 amide bonds. The molecular weight excluding hydrogens is 417 g/mol. The molecule has 0 bridgehead atoms. The second kappa shape index (κ2) is 8.82. The van der Waals surface area contributed by atoms with Gasteiger partial charge in [-0.25, -0.2) is 0 Å². The highest BCUT2D eigenvalue weighted by Gasteiger charge is 2.31. The Morgan fingerprint density at radius 3 is 2.57 bits per heavy atom. The Balaban J connectivity index is 1.90. The third kappa shape index (κ3) is 4.58. The van der Waals surface area contributed by atoms with Crippen molar-refractivity contribution in [3.05, 3.63) is 69.3 Å². The average molecular weight is 436 g/mol. The van der Waals surface area contributed by atoms with Crippen molar-refractivity contribution in [2.45, 2.75) is 19.9 Å². The van der Waals surface area contributed by atoms with E-state index in [0.717, 1.165) is 5.75 Å². The van der Waals surface area contributed by atoms with E-state index >= 15 is 0 Å². The normalized spacial score (nSPS) is 16.3. The van der Waals surface area contributed by atoms with Gasteiger partial charge >= 0.3 is 0 Å². The van der Waals surface area contributed by atoms with E-state index in [1.807, 2.05) is 6.92 Å². The van der Waals surface area contributed by atoms with Crippen molar-refractivity contribution in [3.63, 3.8) is 0 Å². The minimum absolute atomic E-state index is 0.264. The summed E-state index contributed by atoms with van der Waals surface area (Å²) < 4.78 is 5.43. The molecule has 0 saturated heterocycles. The number of allylic oxidation sites excluding steroid dienone is 1. The number of carbonyl (C=O) groups is 1. The van der Waals surface area contributed by atoms with Crippen molar-refractivity contribution < 1.29 is 9.53 Å². The molecule has 0 aliphatic carbocycles. The summed E-state index contributed by atoms with van der Waals surface area (Å²) in [7, 11) is 0. The Bertz CT molecular complexity index is 945. The molecular formula is C20H19Cl2N3O2S. The maximum absolute atomic E-state index is 13.1. The number of hydrogen-bond acceptors (Lipinski definition) is 3. The lowest BCUT2D eigenvalue weighted by molar-refractivity contribution is -0.113. The predicted octanol–water partition coefficient (Wildman–Crippen LogP) is 4.82. The van der Waals surface area contributed by atoms with Crippen LogP contribution in [0.25, 0.3) is 0 Å². The Kier molecular flexibility index (Phi) is 6.44. The molecule has 0 fully saturated rings. The zero-order valence-corrected chi connectivity index (χ0v) is 17.6. The molecule has 28 heavy (non-hydrogen) atoms. The van der Waals surface area contributed by atoms with Crippen LogP contribution in [0, 0.1) is 0 Å². The van der Waals surface area contributed by atoms with Crippen LogP contribution in [0.1, 0.15) is 25.5 Å². The maximum Gasteiger partial charge on any atom is 0.255 e. The first-order valence-corrected chi connectivity index (χ1v) is 9.83. The second-order valence-corrected chi connectivity index (χ2v) is 7.40. The highest BCUT2D eigenvalue weighted by Crippen LogP contribution is 2.33. The lowest BCUT2D eigenvalue weighted by Gasteiger charge is -2.31. The SMILES string of the molecule is CCOc1ccc(NC(=O)C2=C(C)NC(=S)NC2c2ccc(Cl)cc2Cl)cc1. The molecule has 3 rings (SSSR count). The van der Waals surface area contributed by atoms with Gasteiger partial charge in [0.15, 0.2) is 5.11 Å². The highest BCUT2D eigenvalue weighted by molar-refractivity contribution is 7.80. The van der Waals surface area contributed by atoms with E-state index in [1.54, 1.807) is 49.4 Å². The summed E-state index contributed by atoms with van der Waals surface area (Å²) in [4.78, 5) is 13.1. The van der Waals surface area contributed by atoms with Gasteiger partial charge in [0.1, 0.15) is 5.75 Å². The van der Waals surface area contributed by atoms with Crippen LogP contribution in [0.4, 0.5) is 5.69 Å². The summed E-state index contributed by atoms with van der Waals surface area (Å²) in [6.45, 7) is 4.30. The first kappa shape index (κ1) is 20.5. The Morgan fingerprint density at radius 2 is 1.93 bits per heavy atom. The van der Waals surface area contributed by atoms with Crippen molar-refractivity contribution in [1.82, 2.24) is 10.6 Å². The highest BCUT2D eigenvalue weighted by atomic mass is 35.5. The van der Waals surface area contributed by atoms with E-state index in [-0.39, 0.29) is 5.91 Å². The van der Waals surface area contributed by atoms with E-state index in [4.69, 9.17) is 40.2 Å². The smallest absolute Gasteiger partial charge is 0.255 e. The number of anilines is 1. The number of rotatable bonds is 5. The van der Waals surface area contributed by atoms with Gasteiger partial charge in [-0.15, -0.1) is 0 Å². The molecule has 146 valence electrons. The molecule has 8 heteroatoms. The number of nitrogens with one attached hydrogen (secondary N) is 3. The van der Waals surface area contributed by atoms with Gasteiger partial charge < -0.3 is 20.7 Å². The van der Waals surface area contributed by atoms with Crippen molar-refractivity contribution in [1.29, 1.82) is 0 Å². The average Bonchev–Trinajstić information content (AvgIpc) is 2.63. The number of halogens is 2. The third-order valence-corrected chi connectivity index (χ3v) is 4.99. The van der Waals surface area contributed by atoms with Crippen molar-refractivity contribution >= 4 is 52.1 Å². The third-order valence-electron chi connectivity index (χ3n) is 4.21. The molecule has 0 saturated carbocycles. The predicted molar refractivity (Wildman–Crippen MR) is 117 cm³/mol. The fraction of sp³-hybridized carbons (Fsp3) is 0.200. The zero-order chi connectivity index (χ0) is 20.3. The lowest BCUT2D eigenvalue weighted by Crippen LogP contribution is -2.45. The van der Waals surface area contributed by atoms with Gasteiger partial charge in [-0.3, -0.25) is 4.79 Å². The Morgan fingerprint density at radius 1 is 1.21 bits per heavy atom. The van der Waals surface area contributed by atoms with Crippen LogP contribution in [-0.4, -0.2) is 17.6 Å². The van der Waals surface area contributed by atoms with Gasteiger partial charge in [-0.1, -0.05) is 29.3 Å². The van der Waals surface area contributed by atoms with Crippen LogP contribution in [0.3, 0.4) is 0 Å². The quantitative estimate of drug-likeness (QED) is 0.587. The minimum Gasteiger partial charge on any atom is -0.494 e. The van der Waals surface area contributed by atoms with Crippen LogP contribution in [0.15, 0.2) is 53.7 Å². The number of ether oxygens (including phenoxy) is 1. The van der Waals surface area contributed by atoms with Gasteiger partial charge in [-0.05, 0) is 68.0 Å². The molecule has 1 unspecified atom stereocenters. The molecule has 1 atom stereocenters. The fourth-order valence-electron chi connectivity index (χ4n) is 2.96. The molecule has 2 aromatic rings. The summed E-state index contributed by atoms with van der Waals surface area (Å²) in [5, 5.41) is 10.4. The maximum atomic E-state index is 13.1. The largest absolute Gasteiger partial charge is 0.494 e. The molecule has 1 aliphatic rings. The summed E-state index contributed by atoms with van der Waals surface area (Å²) in [5.41, 5.74) is 2.52.